The van der Waals surface area contributed by atoms with E-state index in [0.29, 0.717) is 23.0 Å². The molecular formula is C16H17N3O6S. The standard InChI is InChI=1S/C16H17N3O6S/c1-3-24-8-14(20)25-10(2)15(21)18-16-17-13(9-26-16)11-5-4-6-12(7-11)19(22)23/h4-7,9-10H,3,8H2,1-2H3,(H,17,18,21). The van der Waals surface area contributed by atoms with E-state index in [2.05, 4.69) is 10.3 Å². The number of rotatable bonds is 8. The second-order valence-corrected chi connectivity index (χ2v) is 5.96. The highest BCUT2D eigenvalue weighted by atomic mass is 32.1. The van der Waals surface area contributed by atoms with Crippen LogP contribution >= 0.6 is 11.3 Å². The summed E-state index contributed by atoms with van der Waals surface area (Å²) >= 11 is 1.16. The number of anilines is 1. The average molecular weight is 379 g/mol. The zero-order chi connectivity index (χ0) is 19.1. The number of nitro groups is 1. The molecule has 0 radical (unpaired) electrons. The maximum atomic E-state index is 12.1. The van der Waals surface area contributed by atoms with E-state index in [1.165, 1.54) is 19.1 Å². The number of esters is 1. The smallest absolute Gasteiger partial charge is 0.332 e. The molecule has 0 saturated heterocycles. The van der Waals surface area contributed by atoms with Gasteiger partial charge in [0.2, 0.25) is 0 Å². The van der Waals surface area contributed by atoms with E-state index in [9.17, 15) is 19.7 Å². The van der Waals surface area contributed by atoms with Crippen LogP contribution < -0.4 is 5.32 Å². The number of nitrogens with one attached hydrogen (secondary N) is 1. The molecule has 1 heterocycles. The zero-order valence-corrected chi connectivity index (χ0v) is 14.9. The fourth-order valence-electron chi connectivity index (χ4n) is 1.92. The summed E-state index contributed by atoms with van der Waals surface area (Å²) in [6, 6.07) is 6.03. The number of non-ortho nitro benzene ring substituents is 1. The first-order valence-electron chi connectivity index (χ1n) is 7.69. The fraction of sp³-hybridized carbons (Fsp3) is 0.312. The van der Waals surface area contributed by atoms with E-state index in [-0.39, 0.29) is 12.3 Å². The van der Waals surface area contributed by atoms with Crippen LogP contribution in [0.5, 0.6) is 0 Å². The van der Waals surface area contributed by atoms with Crippen molar-refractivity contribution >= 4 is 34.0 Å². The van der Waals surface area contributed by atoms with E-state index in [1.807, 2.05) is 0 Å². The Morgan fingerprint density at radius 2 is 2.19 bits per heavy atom. The number of ether oxygens (including phenoxy) is 2. The molecule has 1 unspecified atom stereocenters. The van der Waals surface area contributed by atoms with Crippen LogP contribution in [0.1, 0.15) is 13.8 Å². The van der Waals surface area contributed by atoms with Gasteiger partial charge in [0.1, 0.15) is 6.61 Å². The summed E-state index contributed by atoms with van der Waals surface area (Å²) in [7, 11) is 0. The van der Waals surface area contributed by atoms with Crippen molar-refractivity contribution in [3.8, 4) is 11.3 Å². The molecule has 1 aromatic carbocycles. The molecule has 0 saturated carbocycles. The number of thiazole rings is 1. The molecule has 2 aromatic rings. The molecule has 1 atom stereocenters. The Hall–Kier alpha value is -2.85. The summed E-state index contributed by atoms with van der Waals surface area (Å²) < 4.78 is 9.85. The number of benzene rings is 1. The number of carbonyl (C=O) groups is 2. The molecule has 0 bridgehead atoms. The van der Waals surface area contributed by atoms with Gasteiger partial charge >= 0.3 is 5.97 Å². The summed E-state index contributed by atoms with van der Waals surface area (Å²) in [6.07, 6.45) is -1.01. The van der Waals surface area contributed by atoms with Crippen LogP contribution in [-0.4, -0.2) is 41.1 Å². The maximum Gasteiger partial charge on any atom is 0.332 e. The Labute approximate surface area is 153 Å². The lowest BCUT2D eigenvalue weighted by atomic mass is 10.1. The molecule has 0 aliphatic carbocycles. The van der Waals surface area contributed by atoms with Crippen molar-refractivity contribution in [3.05, 3.63) is 39.8 Å². The average Bonchev–Trinajstić information content (AvgIpc) is 3.08. The van der Waals surface area contributed by atoms with Gasteiger partial charge in [0.25, 0.3) is 11.6 Å². The molecule has 1 aromatic heterocycles. The lowest BCUT2D eigenvalue weighted by Crippen LogP contribution is -2.31. The van der Waals surface area contributed by atoms with Crippen LogP contribution in [0.15, 0.2) is 29.6 Å². The summed E-state index contributed by atoms with van der Waals surface area (Å²) in [5, 5.41) is 15.4. The van der Waals surface area contributed by atoms with Gasteiger partial charge in [0, 0.05) is 29.7 Å². The quantitative estimate of drug-likeness (QED) is 0.425. The highest BCUT2D eigenvalue weighted by molar-refractivity contribution is 7.14. The molecule has 2 rings (SSSR count). The summed E-state index contributed by atoms with van der Waals surface area (Å²) in [5.41, 5.74) is 1.01. The van der Waals surface area contributed by atoms with Crippen molar-refractivity contribution in [2.75, 3.05) is 18.5 Å². The zero-order valence-electron chi connectivity index (χ0n) is 14.1. The molecular weight excluding hydrogens is 362 g/mol. The highest BCUT2D eigenvalue weighted by Crippen LogP contribution is 2.27. The molecule has 138 valence electrons. The minimum Gasteiger partial charge on any atom is -0.451 e. The molecule has 9 nitrogen and oxygen atoms in total. The van der Waals surface area contributed by atoms with Gasteiger partial charge in [-0.15, -0.1) is 11.3 Å². The van der Waals surface area contributed by atoms with Crippen molar-refractivity contribution in [1.29, 1.82) is 0 Å². The van der Waals surface area contributed by atoms with E-state index in [0.717, 1.165) is 11.3 Å². The van der Waals surface area contributed by atoms with Crippen LogP contribution in [0.4, 0.5) is 10.8 Å². The molecule has 1 N–H and O–H groups in total. The normalized spacial score (nSPS) is 11.6. The Balaban J connectivity index is 1.99. The largest absolute Gasteiger partial charge is 0.451 e. The third kappa shape index (κ3) is 5.33. The third-order valence-electron chi connectivity index (χ3n) is 3.19. The van der Waals surface area contributed by atoms with Gasteiger partial charge in [0.05, 0.1) is 10.6 Å². The Bertz CT molecular complexity index is 807. The summed E-state index contributed by atoms with van der Waals surface area (Å²) in [4.78, 5) is 38.1. The van der Waals surface area contributed by atoms with E-state index in [1.54, 1.807) is 24.4 Å². The van der Waals surface area contributed by atoms with Gasteiger partial charge in [-0.25, -0.2) is 9.78 Å². The molecule has 0 fully saturated rings. The van der Waals surface area contributed by atoms with Gasteiger partial charge in [0.15, 0.2) is 11.2 Å². The Morgan fingerprint density at radius 3 is 2.88 bits per heavy atom. The highest BCUT2D eigenvalue weighted by Gasteiger charge is 2.19. The number of hydrogen-bond acceptors (Lipinski definition) is 8. The van der Waals surface area contributed by atoms with Gasteiger partial charge in [-0.1, -0.05) is 12.1 Å². The third-order valence-corrected chi connectivity index (χ3v) is 3.95. The number of aromatic nitrogens is 1. The predicted molar refractivity (Wildman–Crippen MR) is 94.9 cm³/mol. The van der Waals surface area contributed by atoms with Crippen molar-refractivity contribution in [3.63, 3.8) is 0 Å². The van der Waals surface area contributed by atoms with E-state index >= 15 is 0 Å². The van der Waals surface area contributed by atoms with Crippen LogP contribution in [0.25, 0.3) is 11.3 Å². The molecule has 0 aliphatic heterocycles. The Kier molecular flexibility index (Phi) is 6.75. The number of amides is 1. The molecule has 10 heteroatoms. The summed E-state index contributed by atoms with van der Waals surface area (Å²) in [5.74, 6) is -1.17. The van der Waals surface area contributed by atoms with Gasteiger partial charge < -0.3 is 9.47 Å². The molecule has 0 spiro atoms. The number of nitrogens with zero attached hydrogens (tertiary/aromatic N) is 2. The number of nitro benzene ring substituents is 1. The van der Waals surface area contributed by atoms with Crippen LogP contribution in [0, 0.1) is 10.1 Å². The van der Waals surface area contributed by atoms with Gasteiger partial charge in [-0.3, -0.25) is 20.2 Å². The van der Waals surface area contributed by atoms with Crippen molar-refractivity contribution in [2.45, 2.75) is 20.0 Å². The molecule has 0 aliphatic rings. The SMILES string of the molecule is CCOCC(=O)OC(C)C(=O)Nc1nc(-c2cccc([N+](=O)[O-])c2)cs1. The number of hydrogen-bond donors (Lipinski definition) is 1. The first-order valence-corrected chi connectivity index (χ1v) is 8.57. The van der Waals surface area contributed by atoms with Gasteiger partial charge in [-0.05, 0) is 13.8 Å². The van der Waals surface area contributed by atoms with Crippen molar-refractivity contribution in [1.82, 2.24) is 4.98 Å². The van der Waals surface area contributed by atoms with Crippen LogP contribution in [-0.2, 0) is 19.1 Å². The fourth-order valence-corrected chi connectivity index (χ4v) is 2.64. The van der Waals surface area contributed by atoms with Gasteiger partial charge in [-0.2, -0.15) is 0 Å². The first kappa shape index (κ1) is 19.5. The second-order valence-electron chi connectivity index (χ2n) is 5.10. The van der Waals surface area contributed by atoms with E-state index < -0.39 is 22.9 Å². The minimum atomic E-state index is -1.01. The lowest BCUT2D eigenvalue weighted by molar-refractivity contribution is -0.384. The summed E-state index contributed by atoms with van der Waals surface area (Å²) in [6.45, 7) is 3.33. The lowest BCUT2D eigenvalue weighted by Gasteiger charge is -2.12. The van der Waals surface area contributed by atoms with Crippen LogP contribution in [0.2, 0.25) is 0 Å². The van der Waals surface area contributed by atoms with Crippen molar-refractivity contribution in [2.24, 2.45) is 0 Å². The predicted octanol–water partition coefficient (Wildman–Crippen LogP) is 2.63. The Morgan fingerprint density at radius 1 is 1.42 bits per heavy atom. The van der Waals surface area contributed by atoms with E-state index in [4.69, 9.17) is 9.47 Å². The topological polar surface area (TPSA) is 121 Å². The molecule has 26 heavy (non-hydrogen) atoms. The number of carbonyl (C=O) groups excluding carboxylic acids is 2. The molecule has 1 amide bonds. The monoisotopic (exact) mass is 379 g/mol. The minimum absolute atomic E-state index is 0.0454. The van der Waals surface area contributed by atoms with Crippen LogP contribution in [0.3, 0.4) is 0 Å². The first-order chi connectivity index (χ1) is 12.4. The maximum absolute atomic E-state index is 12.1. The van der Waals surface area contributed by atoms with Crippen molar-refractivity contribution < 1.29 is 24.0 Å². The second kappa shape index (κ2) is 9.02.